The van der Waals surface area contributed by atoms with Gasteiger partial charge in [-0.25, -0.2) is 9.48 Å². The predicted molar refractivity (Wildman–Crippen MR) is 126 cm³/mol. The molecule has 2 N–H and O–H groups in total. The van der Waals surface area contributed by atoms with E-state index < -0.39 is 17.7 Å². The summed E-state index contributed by atoms with van der Waals surface area (Å²) in [7, 11) is 0. The number of hydrogen-bond acceptors (Lipinski definition) is 5. The summed E-state index contributed by atoms with van der Waals surface area (Å²) in [4.78, 5) is 28.7. The van der Waals surface area contributed by atoms with Crippen LogP contribution in [0.2, 0.25) is 0 Å². The molecule has 1 aliphatic heterocycles. The lowest BCUT2D eigenvalue weighted by molar-refractivity contribution is 0.0697. The highest BCUT2D eigenvalue weighted by Gasteiger charge is 2.28. The highest BCUT2D eigenvalue weighted by atomic mass is 16.4. The first-order valence-electron chi connectivity index (χ1n) is 10.7. The van der Waals surface area contributed by atoms with Crippen molar-refractivity contribution in [1.82, 2.24) is 14.8 Å². The molecular formula is C26H22N4O3. The zero-order chi connectivity index (χ0) is 23.1. The molecule has 2 heterocycles. The maximum absolute atomic E-state index is 13.0. The summed E-state index contributed by atoms with van der Waals surface area (Å²) in [6.07, 6.45) is -0.459. The fraction of sp³-hybridized carbons (Fsp3) is 0.154. The number of benzene rings is 3. The molecule has 1 atom stereocenters. The number of rotatable bonds is 4. The molecule has 33 heavy (non-hydrogen) atoms. The van der Waals surface area contributed by atoms with Crippen LogP contribution >= 0.6 is 0 Å². The number of carbonyl (C=O) groups is 1. The van der Waals surface area contributed by atoms with Crippen LogP contribution in [0.25, 0.3) is 22.6 Å². The SMILES string of the molecule is CC(C)c1ccc(-c2nn3c(nc2=O)-c2ccccc2N[C@@H]3c2ccc(C(=O)O)cc2)cc1. The minimum atomic E-state index is -0.987. The monoisotopic (exact) mass is 438 g/mol. The quantitative estimate of drug-likeness (QED) is 0.477. The molecule has 0 unspecified atom stereocenters. The fourth-order valence-corrected chi connectivity index (χ4v) is 4.01. The standard InChI is InChI=1S/C26H22N4O3/c1-15(2)16-7-9-17(10-8-16)22-25(31)28-24-20-5-3-4-6-21(20)27-23(30(24)29-22)18-11-13-19(14-12-18)26(32)33/h3-15,23,27H,1-2H3,(H,32,33)/t23-/m0/s1. The first-order chi connectivity index (χ1) is 15.9. The van der Waals surface area contributed by atoms with Crippen LogP contribution in [-0.2, 0) is 0 Å². The number of aromatic nitrogens is 3. The van der Waals surface area contributed by atoms with Gasteiger partial charge in [0, 0.05) is 16.8 Å². The summed E-state index contributed by atoms with van der Waals surface area (Å²) in [5, 5.41) is 17.4. The van der Waals surface area contributed by atoms with Crippen LogP contribution in [0.5, 0.6) is 0 Å². The number of para-hydroxylation sites is 1. The zero-order valence-corrected chi connectivity index (χ0v) is 18.2. The van der Waals surface area contributed by atoms with Gasteiger partial charge >= 0.3 is 5.97 Å². The molecule has 0 amide bonds. The van der Waals surface area contributed by atoms with Gasteiger partial charge in [0.2, 0.25) is 0 Å². The largest absolute Gasteiger partial charge is 0.478 e. The van der Waals surface area contributed by atoms with E-state index in [2.05, 4.69) is 24.1 Å². The Hall–Kier alpha value is -4.26. The van der Waals surface area contributed by atoms with E-state index in [1.807, 2.05) is 48.5 Å². The first kappa shape index (κ1) is 20.6. The molecule has 1 aromatic heterocycles. The Balaban J connectivity index is 1.67. The molecular weight excluding hydrogens is 416 g/mol. The number of carboxylic acids is 1. The number of fused-ring (bicyclic) bond motifs is 3. The van der Waals surface area contributed by atoms with Crippen molar-refractivity contribution >= 4 is 11.7 Å². The average Bonchev–Trinajstić information content (AvgIpc) is 2.83. The molecule has 1 aliphatic rings. The van der Waals surface area contributed by atoms with Gasteiger partial charge in [-0.15, -0.1) is 0 Å². The minimum absolute atomic E-state index is 0.201. The van der Waals surface area contributed by atoms with E-state index in [0.717, 1.165) is 16.8 Å². The Morgan fingerprint density at radius 1 is 1.00 bits per heavy atom. The van der Waals surface area contributed by atoms with Crippen molar-refractivity contribution in [3.63, 3.8) is 0 Å². The maximum atomic E-state index is 13.0. The minimum Gasteiger partial charge on any atom is -0.478 e. The second-order valence-electron chi connectivity index (χ2n) is 8.33. The second-order valence-corrected chi connectivity index (χ2v) is 8.33. The first-order valence-corrected chi connectivity index (χ1v) is 10.7. The van der Waals surface area contributed by atoms with Crippen molar-refractivity contribution in [1.29, 1.82) is 0 Å². The number of nitrogens with zero attached hydrogens (tertiary/aromatic N) is 3. The summed E-state index contributed by atoms with van der Waals surface area (Å²) >= 11 is 0. The van der Waals surface area contributed by atoms with Gasteiger partial charge in [0.05, 0.1) is 5.56 Å². The van der Waals surface area contributed by atoms with Gasteiger partial charge in [-0.05, 0) is 41.3 Å². The van der Waals surface area contributed by atoms with E-state index in [-0.39, 0.29) is 11.3 Å². The fourth-order valence-electron chi connectivity index (χ4n) is 4.01. The molecule has 0 spiro atoms. The molecule has 5 rings (SSSR count). The van der Waals surface area contributed by atoms with Crippen molar-refractivity contribution in [2.45, 2.75) is 25.9 Å². The number of anilines is 1. The van der Waals surface area contributed by atoms with Gasteiger partial charge in [0.15, 0.2) is 11.5 Å². The van der Waals surface area contributed by atoms with Crippen molar-refractivity contribution in [2.24, 2.45) is 0 Å². The van der Waals surface area contributed by atoms with E-state index in [0.29, 0.717) is 17.3 Å². The molecule has 0 bridgehead atoms. The Morgan fingerprint density at radius 3 is 2.36 bits per heavy atom. The number of carboxylic acid groups (broad SMARTS) is 1. The molecule has 0 fully saturated rings. The smallest absolute Gasteiger partial charge is 0.335 e. The highest BCUT2D eigenvalue weighted by molar-refractivity contribution is 5.87. The molecule has 3 aromatic carbocycles. The predicted octanol–water partition coefficient (Wildman–Crippen LogP) is 4.77. The Bertz CT molecular complexity index is 1410. The van der Waals surface area contributed by atoms with Gasteiger partial charge in [-0.3, -0.25) is 4.79 Å². The maximum Gasteiger partial charge on any atom is 0.335 e. The highest BCUT2D eigenvalue weighted by Crippen LogP contribution is 2.36. The van der Waals surface area contributed by atoms with Crippen LogP contribution in [0.1, 0.15) is 47.4 Å². The van der Waals surface area contributed by atoms with Gasteiger partial charge in [0.1, 0.15) is 6.17 Å². The van der Waals surface area contributed by atoms with Crippen LogP contribution in [0, 0.1) is 0 Å². The van der Waals surface area contributed by atoms with E-state index in [9.17, 15) is 14.7 Å². The lowest BCUT2D eigenvalue weighted by Crippen LogP contribution is -2.32. The third kappa shape index (κ3) is 3.67. The van der Waals surface area contributed by atoms with Gasteiger partial charge in [-0.2, -0.15) is 10.1 Å². The number of aromatic carboxylic acids is 1. The Kier molecular flexibility index (Phi) is 5.01. The van der Waals surface area contributed by atoms with Crippen LogP contribution in [0.15, 0.2) is 77.6 Å². The molecule has 7 heteroatoms. The van der Waals surface area contributed by atoms with Crippen molar-refractivity contribution in [2.75, 3.05) is 5.32 Å². The normalized spacial score (nSPS) is 14.3. The third-order valence-electron chi connectivity index (χ3n) is 5.86. The van der Waals surface area contributed by atoms with Crippen LogP contribution < -0.4 is 10.9 Å². The van der Waals surface area contributed by atoms with E-state index >= 15 is 0 Å². The van der Waals surface area contributed by atoms with E-state index in [1.165, 1.54) is 5.56 Å². The lowest BCUT2D eigenvalue weighted by atomic mass is 10.0. The second kappa shape index (κ2) is 8.02. The van der Waals surface area contributed by atoms with Gasteiger partial charge < -0.3 is 10.4 Å². The summed E-state index contributed by atoms with van der Waals surface area (Å²) in [6, 6.07) is 22.0. The number of nitrogens with one attached hydrogen (secondary N) is 1. The third-order valence-corrected chi connectivity index (χ3v) is 5.86. The summed E-state index contributed by atoms with van der Waals surface area (Å²) in [5.74, 6) is -0.141. The molecule has 0 radical (unpaired) electrons. The van der Waals surface area contributed by atoms with Crippen LogP contribution in [0.3, 0.4) is 0 Å². The summed E-state index contributed by atoms with van der Waals surface area (Å²) in [6.45, 7) is 4.23. The molecule has 0 saturated heterocycles. The van der Waals surface area contributed by atoms with Gasteiger partial charge in [-0.1, -0.05) is 62.4 Å². The van der Waals surface area contributed by atoms with Crippen LogP contribution in [-0.4, -0.2) is 25.8 Å². The topological polar surface area (TPSA) is 97.1 Å². The summed E-state index contributed by atoms with van der Waals surface area (Å²) < 4.78 is 1.70. The molecule has 0 aliphatic carbocycles. The van der Waals surface area contributed by atoms with E-state index in [1.54, 1.807) is 28.9 Å². The summed E-state index contributed by atoms with van der Waals surface area (Å²) in [5.41, 5.74) is 4.36. The van der Waals surface area contributed by atoms with Crippen LogP contribution in [0.4, 0.5) is 5.69 Å². The lowest BCUT2D eigenvalue weighted by Gasteiger charge is -2.30. The van der Waals surface area contributed by atoms with Crippen molar-refractivity contribution in [3.8, 4) is 22.6 Å². The zero-order valence-electron chi connectivity index (χ0n) is 18.2. The molecule has 0 saturated carbocycles. The molecule has 7 nitrogen and oxygen atoms in total. The van der Waals surface area contributed by atoms with Crippen molar-refractivity contribution < 1.29 is 9.90 Å². The molecule has 4 aromatic rings. The Labute approximate surface area is 190 Å². The molecule has 164 valence electrons. The average molecular weight is 438 g/mol. The Morgan fingerprint density at radius 2 is 1.70 bits per heavy atom. The van der Waals surface area contributed by atoms with Crippen molar-refractivity contribution in [3.05, 3.63) is 99.8 Å². The van der Waals surface area contributed by atoms with E-state index in [4.69, 9.17) is 5.10 Å². The number of hydrogen-bond donors (Lipinski definition) is 2. The van der Waals surface area contributed by atoms with Gasteiger partial charge in [0.25, 0.3) is 5.56 Å².